The van der Waals surface area contributed by atoms with E-state index in [9.17, 15) is 28.8 Å². The molecule has 48 heavy (non-hydrogen) atoms. The second-order valence-electron chi connectivity index (χ2n) is 10.8. The summed E-state index contributed by atoms with van der Waals surface area (Å²) in [6.45, 7) is 15.2. The zero-order chi connectivity index (χ0) is 32.7. The maximum atomic E-state index is 13.0. The van der Waals surface area contributed by atoms with Crippen LogP contribution >= 0.6 is 0 Å². The van der Waals surface area contributed by atoms with Gasteiger partial charge in [0.1, 0.15) is 12.4 Å². The van der Waals surface area contributed by atoms with E-state index in [4.69, 9.17) is 10.5 Å². The first-order valence-electron chi connectivity index (χ1n) is 14.3. The van der Waals surface area contributed by atoms with Gasteiger partial charge in [-0.15, -0.1) is 12.3 Å². The quantitative estimate of drug-likeness (QED) is 0.0977. The van der Waals surface area contributed by atoms with Crippen molar-refractivity contribution in [1.29, 1.82) is 0 Å². The minimum atomic E-state index is -0.655. The van der Waals surface area contributed by atoms with Crippen LogP contribution < -0.4 is 16.4 Å². The van der Waals surface area contributed by atoms with Crippen molar-refractivity contribution < 1.29 is 132 Å². The van der Waals surface area contributed by atoms with Gasteiger partial charge in [-0.05, 0) is 42.4 Å². The number of benzene rings is 1. The zero-order valence-electron chi connectivity index (χ0n) is 31.2. The molecular formula is C35H59N3O7Y3-6. The predicted molar refractivity (Wildman–Crippen MR) is 184 cm³/mol. The summed E-state index contributed by atoms with van der Waals surface area (Å²) in [7, 11) is 0. The molecule has 0 bridgehead atoms. The molecule has 10 nitrogen and oxygen atoms in total. The summed E-state index contributed by atoms with van der Waals surface area (Å²) >= 11 is 0. The van der Waals surface area contributed by atoms with Crippen LogP contribution in [0.2, 0.25) is 0 Å². The average molecular weight is 901 g/mol. The number of ether oxygens (including phenoxy) is 1. The molecule has 271 valence electrons. The Labute approximate surface area is 368 Å². The molecule has 3 amide bonds. The van der Waals surface area contributed by atoms with E-state index in [-0.39, 0.29) is 182 Å². The SMILES string of the molecule is CC(C)C(=O)OCc1ccc(NC(=O)[C@H](CCCNC(N)=O)CC(=O)[C@@H](C[C-]=O)C(C)C)cc1.CC(C)[C-]=O.C[CH-]C.[CH3-].[CH3-].[CH3-].[Y].[Y].[Y]. The Kier molecular flexibility index (Phi) is 56.7. The molecule has 4 N–H and O–H groups in total. The maximum absolute atomic E-state index is 13.0. The minimum Gasteiger partial charge on any atom is -0.542 e. The Morgan fingerprint density at radius 2 is 1.38 bits per heavy atom. The molecule has 0 fully saturated rings. The number of carbonyl (C=O) groups is 4. The van der Waals surface area contributed by atoms with Gasteiger partial charge in [-0.2, -0.15) is 13.8 Å². The minimum absolute atomic E-state index is 0. The van der Waals surface area contributed by atoms with Crippen molar-refractivity contribution in [3.05, 3.63) is 58.5 Å². The number of carbonyl (C=O) groups excluding carboxylic acids is 6. The molecule has 1 aromatic carbocycles. The number of amides is 3. The summed E-state index contributed by atoms with van der Waals surface area (Å²) in [4.78, 5) is 68.5. The van der Waals surface area contributed by atoms with E-state index in [2.05, 4.69) is 10.6 Å². The fourth-order valence-electron chi connectivity index (χ4n) is 3.34. The fourth-order valence-corrected chi connectivity index (χ4v) is 3.34. The summed E-state index contributed by atoms with van der Waals surface area (Å²) in [6, 6.07) is 6.23. The van der Waals surface area contributed by atoms with Crippen molar-refractivity contribution in [2.75, 3.05) is 11.9 Å². The smallest absolute Gasteiger partial charge is 0.312 e. The number of nitrogens with two attached hydrogens (primary N) is 1. The van der Waals surface area contributed by atoms with Gasteiger partial charge in [0.15, 0.2) is 0 Å². The molecular weight excluding hydrogens is 841 g/mol. The Hall–Kier alpha value is -0.248. The van der Waals surface area contributed by atoms with Gasteiger partial charge in [0.2, 0.25) is 5.91 Å². The summed E-state index contributed by atoms with van der Waals surface area (Å²) < 4.78 is 5.20. The van der Waals surface area contributed by atoms with Gasteiger partial charge in [-0.1, -0.05) is 53.7 Å². The number of Topliss-reactive ketones (excluding diaryl/α,β-unsaturated/α-hetero) is 1. The van der Waals surface area contributed by atoms with E-state index < -0.39 is 17.9 Å². The number of nitrogens with one attached hydrogen (secondary N) is 2. The van der Waals surface area contributed by atoms with Crippen molar-refractivity contribution in [2.24, 2.45) is 35.3 Å². The molecule has 0 aliphatic carbocycles. The number of hydrogen-bond acceptors (Lipinski definition) is 7. The third-order valence-corrected chi connectivity index (χ3v) is 5.68. The predicted octanol–water partition coefficient (Wildman–Crippen LogP) is 6.45. The summed E-state index contributed by atoms with van der Waals surface area (Å²) in [5.41, 5.74) is 6.39. The van der Waals surface area contributed by atoms with Crippen LogP contribution in [0.3, 0.4) is 0 Å². The Morgan fingerprint density at radius 3 is 1.75 bits per heavy atom. The average Bonchev–Trinajstić information content (AvgIpc) is 2.92. The summed E-state index contributed by atoms with van der Waals surface area (Å²) in [5.74, 6) is -2.10. The first-order valence-corrected chi connectivity index (χ1v) is 14.3. The van der Waals surface area contributed by atoms with E-state index in [1.54, 1.807) is 64.5 Å². The number of anilines is 1. The van der Waals surface area contributed by atoms with Crippen molar-refractivity contribution >= 4 is 42.0 Å². The number of ketones is 1. The van der Waals surface area contributed by atoms with E-state index in [0.29, 0.717) is 18.5 Å². The summed E-state index contributed by atoms with van der Waals surface area (Å²) in [6.07, 6.45) is 6.38. The topological polar surface area (TPSA) is 162 Å². The third kappa shape index (κ3) is 35.6. The van der Waals surface area contributed by atoms with Crippen molar-refractivity contribution in [1.82, 2.24) is 5.32 Å². The molecule has 0 aliphatic heterocycles. The van der Waals surface area contributed by atoms with Gasteiger partial charge >= 0.3 is 12.0 Å². The van der Waals surface area contributed by atoms with Gasteiger partial charge in [0.25, 0.3) is 0 Å². The van der Waals surface area contributed by atoms with Gasteiger partial charge in [-0.25, -0.2) is 4.79 Å². The maximum Gasteiger partial charge on any atom is 0.312 e. The second-order valence-corrected chi connectivity index (χ2v) is 10.8. The standard InChI is InChI=1S/C25H36N3O6.C4H7O.C3H7.3CH3.3Y/c1-16(2)21(11-13-29)22(30)14-19(6-5-12-27-25(26)33)23(31)28-20-9-7-18(8-10-20)15-34-24(32)17(3)4;1-4(2)3-5;1-3-2;;;;;;/h7-10,16-17,19,21H,5-6,11-12,14-15H2,1-4H3,(H,28,31)(H3,26,27,33);4H,1-2H3;3H,1-2H3;3*1H3;;;/q6*-1;;;/t19-,21+;;;;;;;;/m1......../s1. The molecule has 1 rings (SSSR count). The van der Waals surface area contributed by atoms with E-state index in [0.717, 1.165) is 5.56 Å². The van der Waals surface area contributed by atoms with Crippen LogP contribution in [0, 0.1) is 58.3 Å². The van der Waals surface area contributed by atoms with Gasteiger partial charge in [0, 0.05) is 123 Å². The first kappa shape index (κ1) is 66.0. The van der Waals surface area contributed by atoms with Crippen molar-refractivity contribution in [3.63, 3.8) is 0 Å². The van der Waals surface area contributed by atoms with Crippen LogP contribution in [-0.2, 0) is 133 Å². The second kappa shape index (κ2) is 41.2. The van der Waals surface area contributed by atoms with Crippen molar-refractivity contribution in [3.8, 4) is 0 Å². The van der Waals surface area contributed by atoms with E-state index >= 15 is 0 Å². The first-order chi connectivity index (χ1) is 19.7. The normalized spacial score (nSPS) is 10.2. The Balaban J connectivity index is -0.000000171. The number of esters is 1. The molecule has 0 saturated carbocycles. The number of primary amides is 1. The van der Waals surface area contributed by atoms with Gasteiger partial charge < -0.3 is 59.4 Å². The van der Waals surface area contributed by atoms with Crippen LogP contribution in [0.4, 0.5) is 10.5 Å². The Bertz CT molecular complexity index is 961. The van der Waals surface area contributed by atoms with Crippen LogP contribution in [-0.4, -0.2) is 42.8 Å². The monoisotopic (exact) mass is 900 g/mol. The molecule has 0 unspecified atom stereocenters. The molecule has 0 saturated heterocycles. The van der Waals surface area contributed by atoms with Crippen LogP contribution in [0.5, 0.6) is 0 Å². The molecule has 0 aromatic heterocycles. The summed E-state index contributed by atoms with van der Waals surface area (Å²) in [5, 5.41) is 5.29. The molecule has 0 spiro atoms. The third-order valence-electron chi connectivity index (χ3n) is 5.68. The molecule has 13 heteroatoms. The molecule has 2 atom stereocenters. The largest absolute Gasteiger partial charge is 0.542 e. The fraction of sp³-hybridized carbons (Fsp3) is 0.543. The van der Waals surface area contributed by atoms with Crippen molar-refractivity contribution in [2.45, 2.75) is 87.7 Å². The molecule has 1 aromatic rings. The molecule has 0 aliphatic rings. The zero-order valence-corrected chi connectivity index (χ0v) is 39.7. The van der Waals surface area contributed by atoms with E-state index in [1.807, 2.05) is 34.1 Å². The number of hydrogen-bond donors (Lipinski definition) is 3. The van der Waals surface area contributed by atoms with Crippen LogP contribution in [0.1, 0.15) is 86.6 Å². The number of urea groups is 1. The van der Waals surface area contributed by atoms with Gasteiger partial charge in [-0.3, -0.25) is 27.0 Å². The van der Waals surface area contributed by atoms with Crippen LogP contribution in [0.15, 0.2) is 24.3 Å². The van der Waals surface area contributed by atoms with E-state index in [1.165, 1.54) is 0 Å². The molecule has 3 radical (unpaired) electrons. The number of rotatable bonds is 16. The Morgan fingerprint density at radius 1 is 0.896 bits per heavy atom. The molecule has 0 heterocycles. The van der Waals surface area contributed by atoms with Crippen LogP contribution in [0.25, 0.3) is 0 Å². The van der Waals surface area contributed by atoms with Gasteiger partial charge in [0.05, 0.1) is 5.92 Å².